The molecule has 0 radical (unpaired) electrons. The number of benzene rings is 3. The number of halogens is 2. The molecule has 2 amide bonds. The van der Waals surface area contributed by atoms with Crippen molar-refractivity contribution in [3.05, 3.63) is 90.1 Å². The molecule has 6 nitrogen and oxygen atoms in total. The van der Waals surface area contributed by atoms with Gasteiger partial charge in [-0.15, -0.1) is 0 Å². The zero-order valence-electron chi connectivity index (χ0n) is 19.4. The molecule has 2 fully saturated rings. The largest absolute Gasteiger partial charge is 0.350 e. The van der Waals surface area contributed by atoms with Crippen LogP contribution in [0.5, 0.6) is 0 Å². The third-order valence-electron chi connectivity index (χ3n) is 7.22. The molecule has 2 atom stereocenters. The Labute approximate surface area is 206 Å². The minimum Gasteiger partial charge on any atom is -0.350 e. The highest BCUT2D eigenvalue weighted by molar-refractivity contribution is 6.00. The summed E-state index contributed by atoms with van der Waals surface area (Å²) in [6, 6.07) is 16.8. The van der Waals surface area contributed by atoms with Gasteiger partial charge in [-0.1, -0.05) is 18.6 Å². The van der Waals surface area contributed by atoms with Crippen LogP contribution in [0.3, 0.4) is 0 Å². The van der Waals surface area contributed by atoms with Gasteiger partial charge >= 0.3 is 0 Å². The fourth-order valence-corrected chi connectivity index (χ4v) is 5.17. The molecule has 1 aromatic heterocycles. The lowest BCUT2D eigenvalue weighted by atomic mass is 9.84. The van der Waals surface area contributed by atoms with E-state index in [1.165, 1.54) is 24.3 Å². The monoisotopic (exact) mass is 486 g/mol. The minimum atomic E-state index is -0.540. The number of rotatable bonds is 5. The molecule has 3 aromatic carbocycles. The van der Waals surface area contributed by atoms with E-state index in [0.29, 0.717) is 16.9 Å². The predicted molar refractivity (Wildman–Crippen MR) is 132 cm³/mol. The number of nitrogens with one attached hydrogen (secondary N) is 1. The average Bonchev–Trinajstić information content (AvgIpc) is 3.38. The number of hydrogen-bond acceptors (Lipinski definition) is 3. The zero-order valence-corrected chi connectivity index (χ0v) is 19.4. The van der Waals surface area contributed by atoms with E-state index in [-0.39, 0.29) is 30.0 Å². The number of hydrogen-bond donors (Lipinski definition) is 1. The molecule has 0 spiro atoms. The summed E-state index contributed by atoms with van der Waals surface area (Å²) in [4.78, 5) is 27.7. The van der Waals surface area contributed by atoms with Crippen molar-refractivity contribution in [2.45, 2.75) is 37.8 Å². The zero-order chi connectivity index (χ0) is 24.8. The van der Waals surface area contributed by atoms with Gasteiger partial charge in [-0.25, -0.2) is 13.5 Å². The summed E-state index contributed by atoms with van der Waals surface area (Å²) in [5.41, 5.74) is 2.78. The predicted octanol–water partition coefficient (Wildman–Crippen LogP) is 5.07. The molecule has 2 aliphatic rings. The van der Waals surface area contributed by atoms with Gasteiger partial charge in [0.05, 0.1) is 29.5 Å². The fourth-order valence-electron chi connectivity index (χ4n) is 5.17. The summed E-state index contributed by atoms with van der Waals surface area (Å²) in [5, 5.41) is 8.32. The van der Waals surface area contributed by atoms with Crippen molar-refractivity contribution in [2.75, 3.05) is 4.90 Å². The highest BCUT2D eigenvalue weighted by Crippen LogP contribution is 2.39. The molecule has 1 saturated carbocycles. The Kier molecular flexibility index (Phi) is 5.51. The van der Waals surface area contributed by atoms with Crippen LogP contribution in [0.25, 0.3) is 16.6 Å². The quantitative estimate of drug-likeness (QED) is 0.429. The summed E-state index contributed by atoms with van der Waals surface area (Å²) >= 11 is 0. The maximum Gasteiger partial charge on any atom is 0.229 e. The lowest BCUT2D eigenvalue weighted by Crippen LogP contribution is -2.44. The molecule has 4 aromatic rings. The van der Waals surface area contributed by atoms with Crippen LogP contribution in [-0.2, 0) is 9.59 Å². The lowest BCUT2D eigenvalue weighted by Gasteiger charge is -2.31. The first-order valence-corrected chi connectivity index (χ1v) is 12.1. The molecule has 8 heteroatoms. The maximum atomic E-state index is 14.2. The number of carbonyl (C=O) groups is 2. The van der Waals surface area contributed by atoms with Gasteiger partial charge in [0.1, 0.15) is 11.6 Å². The molecular weight excluding hydrogens is 462 g/mol. The summed E-state index contributed by atoms with van der Waals surface area (Å²) in [5.74, 6) is -0.929. The van der Waals surface area contributed by atoms with Crippen LogP contribution in [0.2, 0.25) is 0 Å². The van der Waals surface area contributed by atoms with Gasteiger partial charge < -0.3 is 10.2 Å². The van der Waals surface area contributed by atoms with Gasteiger partial charge in [-0.05, 0) is 73.0 Å². The SMILES string of the molecule is O=C(N[C@H]1CC(=O)N(c2ccc3c(cnn3-c3ccc(F)cc3)c2)[C@@H]1c1cccc(F)c1)C1CCC1. The van der Waals surface area contributed by atoms with Crippen LogP contribution in [-0.4, -0.2) is 27.6 Å². The number of amides is 2. The Bertz CT molecular complexity index is 1460. The van der Waals surface area contributed by atoms with Crippen molar-refractivity contribution in [2.24, 2.45) is 5.92 Å². The van der Waals surface area contributed by atoms with E-state index in [1.54, 1.807) is 40.0 Å². The Hall–Kier alpha value is -4.07. The van der Waals surface area contributed by atoms with Gasteiger partial charge in [0.15, 0.2) is 0 Å². The first kappa shape index (κ1) is 22.4. The van der Waals surface area contributed by atoms with Crippen LogP contribution in [0.1, 0.15) is 37.3 Å². The molecular formula is C28H24F2N4O2. The van der Waals surface area contributed by atoms with E-state index in [1.807, 2.05) is 18.2 Å². The third-order valence-corrected chi connectivity index (χ3v) is 7.22. The van der Waals surface area contributed by atoms with Crippen molar-refractivity contribution in [1.29, 1.82) is 0 Å². The van der Waals surface area contributed by atoms with Crippen LogP contribution in [0.15, 0.2) is 72.9 Å². The fraction of sp³-hybridized carbons (Fsp3) is 0.250. The Morgan fingerprint density at radius 3 is 2.44 bits per heavy atom. The number of carbonyl (C=O) groups excluding carboxylic acids is 2. The Balaban J connectivity index is 1.37. The van der Waals surface area contributed by atoms with Gasteiger partial charge in [0, 0.05) is 23.4 Å². The highest BCUT2D eigenvalue weighted by atomic mass is 19.1. The molecule has 1 aliphatic heterocycles. The van der Waals surface area contributed by atoms with E-state index >= 15 is 0 Å². The van der Waals surface area contributed by atoms with Crippen LogP contribution < -0.4 is 10.2 Å². The summed E-state index contributed by atoms with van der Waals surface area (Å²) in [6.45, 7) is 0. The number of aromatic nitrogens is 2. The minimum absolute atomic E-state index is 0.0176. The van der Waals surface area contributed by atoms with Crippen molar-refractivity contribution >= 4 is 28.4 Å². The average molecular weight is 487 g/mol. The first-order chi connectivity index (χ1) is 17.5. The molecule has 1 N–H and O–H groups in total. The van der Waals surface area contributed by atoms with Crippen molar-refractivity contribution < 1.29 is 18.4 Å². The van der Waals surface area contributed by atoms with E-state index < -0.39 is 17.9 Å². The highest BCUT2D eigenvalue weighted by Gasteiger charge is 2.43. The summed E-state index contributed by atoms with van der Waals surface area (Å²) in [7, 11) is 0. The van der Waals surface area contributed by atoms with Crippen molar-refractivity contribution in [3.8, 4) is 5.69 Å². The topological polar surface area (TPSA) is 67.2 Å². The first-order valence-electron chi connectivity index (χ1n) is 12.1. The molecule has 1 aliphatic carbocycles. The smallest absolute Gasteiger partial charge is 0.229 e. The molecule has 1 saturated heterocycles. The number of nitrogens with zero attached hydrogens (tertiary/aromatic N) is 3. The molecule has 182 valence electrons. The lowest BCUT2D eigenvalue weighted by molar-refractivity contribution is -0.128. The maximum absolute atomic E-state index is 14.2. The van der Waals surface area contributed by atoms with Gasteiger partial charge in [0.2, 0.25) is 11.8 Å². The van der Waals surface area contributed by atoms with Crippen molar-refractivity contribution in [3.63, 3.8) is 0 Å². The molecule has 6 rings (SSSR count). The van der Waals surface area contributed by atoms with E-state index in [9.17, 15) is 18.4 Å². The summed E-state index contributed by atoms with van der Waals surface area (Å²) in [6.07, 6.45) is 4.57. The van der Waals surface area contributed by atoms with Gasteiger partial charge in [0.25, 0.3) is 0 Å². The van der Waals surface area contributed by atoms with E-state index in [4.69, 9.17) is 0 Å². The standard InChI is InChI=1S/C28H24F2N4O2/c29-20-7-9-22(10-8-20)34-25-12-11-23(14-19(25)16-31-34)33-26(35)15-24(32-28(36)17-3-1-4-17)27(33)18-5-2-6-21(30)13-18/h2,5-14,16-17,24,27H,1,3-4,15H2,(H,32,36)/t24-,27+/m0/s1. The molecule has 0 bridgehead atoms. The van der Waals surface area contributed by atoms with Crippen LogP contribution in [0.4, 0.5) is 14.5 Å². The number of fused-ring (bicyclic) bond motifs is 1. The second-order valence-corrected chi connectivity index (χ2v) is 9.49. The van der Waals surface area contributed by atoms with Gasteiger partial charge in [-0.3, -0.25) is 9.59 Å². The van der Waals surface area contributed by atoms with Crippen LogP contribution in [0, 0.1) is 17.6 Å². The van der Waals surface area contributed by atoms with Crippen molar-refractivity contribution in [1.82, 2.24) is 15.1 Å². The molecule has 0 unspecified atom stereocenters. The summed E-state index contributed by atoms with van der Waals surface area (Å²) < 4.78 is 29.3. The molecule has 36 heavy (non-hydrogen) atoms. The normalized spacial score (nSPS) is 20.1. The van der Waals surface area contributed by atoms with Gasteiger partial charge in [-0.2, -0.15) is 5.10 Å². The Morgan fingerprint density at radius 1 is 0.944 bits per heavy atom. The van der Waals surface area contributed by atoms with E-state index in [2.05, 4.69) is 10.4 Å². The van der Waals surface area contributed by atoms with Crippen LogP contribution >= 0.6 is 0 Å². The second-order valence-electron chi connectivity index (χ2n) is 9.49. The third kappa shape index (κ3) is 3.92. The second kappa shape index (κ2) is 8.86. The number of anilines is 1. The van der Waals surface area contributed by atoms with E-state index in [0.717, 1.165) is 30.2 Å². The molecule has 2 heterocycles. The Morgan fingerprint density at radius 2 is 1.72 bits per heavy atom.